The number of benzene rings is 1. The van der Waals surface area contributed by atoms with Crippen LogP contribution < -0.4 is 10.1 Å². The van der Waals surface area contributed by atoms with Crippen LogP contribution in [0.2, 0.25) is 0 Å². The molecule has 0 aliphatic carbocycles. The predicted molar refractivity (Wildman–Crippen MR) is 103 cm³/mol. The second-order valence-electron chi connectivity index (χ2n) is 6.42. The van der Waals surface area contributed by atoms with Crippen LogP contribution in [0.15, 0.2) is 36.4 Å². The highest BCUT2D eigenvalue weighted by Gasteiger charge is 2.28. The van der Waals surface area contributed by atoms with Crippen molar-refractivity contribution in [2.45, 2.75) is 19.8 Å². The van der Waals surface area contributed by atoms with E-state index in [1.165, 1.54) is 17.8 Å². The van der Waals surface area contributed by atoms with E-state index in [9.17, 15) is 4.79 Å². The highest BCUT2D eigenvalue weighted by Crippen LogP contribution is 2.37. The molecule has 4 nitrogen and oxygen atoms in total. The molecular weight excluding hydrogens is 332 g/mol. The van der Waals surface area contributed by atoms with Crippen molar-refractivity contribution in [2.75, 3.05) is 33.3 Å². The van der Waals surface area contributed by atoms with Crippen LogP contribution in [0.5, 0.6) is 5.75 Å². The number of thiophene rings is 1. The summed E-state index contributed by atoms with van der Waals surface area (Å²) in [5, 5.41) is 3.23. The molecule has 134 valence electrons. The molecule has 1 amide bonds. The average molecular weight is 359 g/mol. The molecule has 2 aromatic rings. The van der Waals surface area contributed by atoms with Gasteiger partial charge in [-0.15, -0.1) is 11.3 Å². The smallest absolute Gasteiger partial charge is 0.267 e. The first-order valence-corrected chi connectivity index (χ1v) is 9.80. The van der Waals surface area contributed by atoms with Gasteiger partial charge in [-0.25, -0.2) is 0 Å². The van der Waals surface area contributed by atoms with Crippen LogP contribution in [0.25, 0.3) is 10.4 Å². The lowest BCUT2D eigenvalue weighted by Gasteiger charge is -2.32. The molecule has 1 aromatic carbocycles. The molecule has 0 spiro atoms. The first-order chi connectivity index (χ1) is 12.2. The quantitative estimate of drug-likeness (QED) is 0.852. The Labute approximate surface area is 153 Å². The second-order valence-corrected chi connectivity index (χ2v) is 7.47. The molecule has 2 heterocycles. The Kier molecular flexibility index (Phi) is 6.10. The standard InChI is InChI=1S/C20H26N2O2S/c1-3-24-17-12-18(16-9-5-4-6-10-16)25-19(17)20(23)22-11-7-8-15(14-22)13-21-2/h4-6,9-10,12,15,21H,3,7-8,11,13-14H2,1-2H3. The van der Waals surface area contributed by atoms with Crippen LogP contribution in [0.1, 0.15) is 29.4 Å². The number of piperidine rings is 1. The Hall–Kier alpha value is -1.85. The Morgan fingerprint density at radius 2 is 2.16 bits per heavy atom. The van der Waals surface area contributed by atoms with E-state index >= 15 is 0 Å². The summed E-state index contributed by atoms with van der Waals surface area (Å²) in [6.45, 7) is 5.14. The van der Waals surface area contributed by atoms with Crippen molar-refractivity contribution in [3.05, 3.63) is 41.3 Å². The number of nitrogens with zero attached hydrogens (tertiary/aromatic N) is 1. The summed E-state index contributed by atoms with van der Waals surface area (Å²) in [5.41, 5.74) is 1.12. The fraction of sp³-hybridized carbons (Fsp3) is 0.450. The molecule has 1 aromatic heterocycles. The molecule has 1 fully saturated rings. The monoisotopic (exact) mass is 358 g/mol. The predicted octanol–water partition coefficient (Wildman–Crippen LogP) is 3.89. The SMILES string of the molecule is CCOc1cc(-c2ccccc2)sc1C(=O)N1CCCC(CNC)C1. The van der Waals surface area contributed by atoms with Crippen molar-refractivity contribution >= 4 is 17.2 Å². The van der Waals surface area contributed by atoms with Crippen LogP contribution in [0.3, 0.4) is 0 Å². The molecular formula is C20H26N2O2S. The molecule has 1 unspecified atom stereocenters. The van der Waals surface area contributed by atoms with Crippen LogP contribution >= 0.6 is 11.3 Å². The Morgan fingerprint density at radius 1 is 1.36 bits per heavy atom. The summed E-state index contributed by atoms with van der Waals surface area (Å²) >= 11 is 1.54. The Balaban J connectivity index is 1.84. The fourth-order valence-corrected chi connectivity index (χ4v) is 4.45. The molecule has 3 rings (SSSR count). The number of likely N-dealkylation sites (tertiary alicyclic amines) is 1. The molecule has 0 radical (unpaired) electrons. The highest BCUT2D eigenvalue weighted by atomic mass is 32.1. The number of amides is 1. The lowest BCUT2D eigenvalue weighted by Crippen LogP contribution is -2.42. The summed E-state index contributed by atoms with van der Waals surface area (Å²) in [5.74, 6) is 1.36. The zero-order valence-corrected chi connectivity index (χ0v) is 15.8. The summed E-state index contributed by atoms with van der Waals surface area (Å²) in [6.07, 6.45) is 2.25. The normalized spacial score (nSPS) is 17.5. The van der Waals surface area contributed by atoms with Gasteiger partial charge in [0.25, 0.3) is 5.91 Å². The minimum Gasteiger partial charge on any atom is -0.492 e. The summed E-state index contributed by atoms with van der Waals surface area (Å²) in [4.78, 5) is 16.9. The number of nitrogens with one attached hydrogen (secondary N) is 1. The van der Waals surface area contributed by atoms with E-state index in [1.807, 2.05) is 43.1 Å². The Bertz CT molecular complexity index is 697. The van der Waals surface area contributed by atoms with Gasteiger partial charge in [0.15, 0.2) is 0 Å². The number of carbonyl (C=O) groups is 1. The summed E-state index contributed by atoms with van der Waals surface area (Å²) < 4.78 is 5.78. The number of rotatable bonds is 6. The van der Waals surface area contributed by atoms with E-state index in [2.05, 4.69) is 17.4 Å². The van der Waals surface area contributed by atoms with Gasteiger partial charge < -0.3 is 15.0 Å². The fourth-order valence-electron chi connectivity index (χ4n) is 3.38. The maximum atomic E-state index is 13.1. The third-order valence-corrected chi connectivity index (χ3v) is 5.70. The van der Waals surface area contributed by atoms with Crippen molar-refractivity contribution < 1.29 is 9.53 Å². The van der Waals surface area contributed by atoms with E-state index in [0.717, 1.165) is 41.4 Å². The second kappa shape index (κ2) is 8.50. The van der Waals surface area contributed by atoms with E-state index < -0.39 is 0 Å². The molecule has 1 atom stereocenters. The molecule has 1 aliphatic rings. The minimum atomic E-state index is 0.108. The molecule has 0 saturated carbocycles. The first kappa shape index (κ1) is 18.0. The zero-order valence-electron chi connectivity index (χ0n) is 15.0. The van der Waals surface area contributed by atoms with Crippen molar-refractivity contribution in [3.63, 3.8) is 0 Å². The molecule has 1 aliphatic heterocycles. The number of ether oxygens (including phenoxy) is 1. The molecule has 1 saturated heterocycles. The highest BCUT2D eigenvalue weighted by molar-refractivity contribution is 7.17. The van der Waals surface area contributed by atoms with Gasteiger partial charge in [0, 0.05) is 18.0 Å². The molecule has 1 N–H and O–H groups in total. The van der Waals surface area contributed by atoms with E-state index in [0.29, 0.717) is 18.3 Å². The van der Waals surface area contributed by atoms with Crippen molar-refractivity contribution in [2.24, 2.45) is 5.92 Å². The van der Waals surface area contributed by atoms with Gasteiger partial charge in [0.2, 0.25) is 0 Å². The van der Waals surface area contributed by atoms with Gasteiger partial charge in [0.1, 0.15) is 10.6 Å². The largest absolute Gasteiger partial charge is 0.492 e. The van der Waals surface area contributed by atoms with Crippen LogP contribution in [0.4, 0.5) is 0 Å². The first-order valence-electron chi connectivity index (χ1n) is 8.98. The topological polar surface area (TPSA) is 41.6 Å². The van der Waals surface area contributed by atoms with E-state index in [1.54, 1.807) is 0 Å². The summed E-state index contributed by atoms with van der Waals surface area (Å²) in [6, 6.07) is 12.2. The third-order valence-electron chi connectivity index (χ3n) is 4.55. The van der Waals surface area contributed by atoms with Gasteiger partial charge >= 0.3 is 0 Å². The summed E-state index contributed by atoms with van der Waals surface area (Å²) in [7, 11) is 1.97. The number of hydrogen-bond donors (Lipinski definition) is 1. The van der Waals surface area contributed by atoms with Gasteiger partial charge in [-0.3, -0.25) is 4.79 Å². The third kappa shape index (κ3) is 4.22. The van der Waals surface area contributed by atoms with E-state index in [-0.39, 0.29) is 5.91 Å². The van der Waals surface area contributed by atoms with Gasteiger partial charge in [0.05, 0.1) is 6.61 Å². The van der Waals surface area contributed by atoms with Crippen molar-refractivity contribution in [1.29, 1.82) is 0 Å². The van der Waals surface area contributed by atoms with Crippen LogP contribution in [-0.4, -0.2) is 44.1 Å². The van der Waals surface area contributed by atoms with Crippen molar-refractivity contribution in [1.82, 2.24) is 10.2 Å². The molecule has 0 bridgehead atoms. The number of carbonyl (C=O) groups excluding carboxylic acids is 1. The maximum absolute atomic E-state index is 13.1. The molecule has 25 heavy (non-hydrogen) atoms. The van der Waals surface area contributed by atoms with Crippen LogP contribution in [0, 0.1) is 5.92 Å². The lowest BCUT2D eigenvalue weighted by atomic mass is 9.98. The maximum Gasteiger partial charge on any atom is 0.267 e. The Morgan fingerprint density at radius 3 is 2.88 bits per heavy atom. The van der Waals surface area contributed by atoms with E-state index in [4.69, 9.17) is 4.74 Å². The average Bonchev–Trinajstić information content (AvgIpc) is 3.07. The molecule has 5 heteroatoms. The lowest BCUT2D eigenvalue weighted by molar-refractivity contribution is 0.0675. The zero-order chi connectivity index (χ0) is 17.6. The van der Waals surface area contributed by atoms with Gasteiger partial charge in [-0.05, 0) is 50.9 Å². The number of hydrogen-bond acceptors (Lipinski definition) is 4. The van der Waals surface area contributed by atoms with Gasteiger partial charge in [-0.1, -0.05) is 30.3 Å². The van der Waals surface area contributed by atoms with Gasteiger partial charge in [-0.2, -0.15) is 0 Å². The van der Waals surface area contributed by atoms with Crippen LogP contribution in [-0.2, 0) is 0 Å². The minimum absolute atomic E-state index is 0.108. The van der Waals surface area contributed by atoms with Crippen molar-refractivity contribution in [3.8, 4) is 16.2 Å².